The summed E-state index contributed by atoms with van der Waals surface area (Å²) < 4.78 is 19.0. The molecule has 1 aromatic rings. The first-order chi connectivity index (χ1) is 9.05. The molecule has 1 aliphatic carbocycles. The van der Waals surface area contributed by atoms with Gasteiger partial charge in [-0.15, -0.1) is 12.4 Å². The molecule has 0 saturated heterocycles. The Morgan fingerprint density at radius 1 is 1.50 bits per heavy atom. The first kappa shape index (κ1) is 16.7. The maximum atomic E-state index is 13.5. The van der Waals surface area contributed by atoms with Crippen molar-refractivity contribution in [2.24, 2.45) is 5.73 Å². The molecular formula is C14H20ClFN2O2. The second-order valence-electron chi connectivity index (χ2n) is 4.94. The van der Waals surface area contributed by atoms with Crippen LogP contribution in [0.4, 0.5) is 4.39 Å². The Morgan fingerprint density at radius 3 is 2.70 bits per heavy atom. The highest BCUT2D eigenvalue weighted by Gasteiger charge is 2.45. The van der Waals surface area contributed by atoms with Gasteiger partial charge < -0.3 is 15.8 Å². The second-order valence-corrected chi connectivity index (χ2v) is 4.94. The van der Waals surface area contributed by atoms with Crippen molar-refractivity contribution in [3.8, 4) is 5.75 Å². The van der Waals surface area contributed by atoms with Gasteiger partial charge in [0.25, 0.3) is 0 Å². The maximum absolute atomic E-state index is 13.5. The van der Waals surface area contributed by atoms with Crippen molar-refractivity contribution >= 4 is 18.3 Å². The van der Waals surface area contributed by atoms with Crippen molar-refractivity contribution in [1.82, 2.24) is 5.32 Å². The highest BCUT2D eigenvalue weighted by Crippen LogP contribution is 2.32. The van der Waals surface area contributed by atoms with Gasteiger partial charge in [-0.2, -0.15) is 0 Å². The third kappa shape index (κ3) is 4.08. The number of rotatable bonds is 6. The van der Waals surface area contributed by atoms with Gasteiger partial charge in [0, 0.05) is 0 Å². The number of amides is 1. The quantitative estimate of drug-likeness (QED) is 0.845. The van der Waals surface area contributed by atoms with Crippen LogP contribution in [0.3, 0.4) is 0 Å². The average Bonchev–Trinajstić information content (AvgIpc) is 3.15. The number of nitrogens with one attached hydrogen (secondary N) is 1. The van der Waals surface area contributed by atoms with Crippen molar-refractivity contribution in [3.05, 3.63) is 30.1 Å². The van der Waals surface area contributed by atoms with E-state index in [2.05, 4.69) is 5.32 Å². The van der Waals surface area contributed by atoms with Crippen LogP contribution in [0.15, 0.2) is 24.3 Å². The molecule has 1 aromatic carbocycles. The van der Waals surface area contributed by atoms with E-state index in [0.29, 0.717) is 13.0 Å². The summed E-state index contributed by atoms with van der Waals surface area (Å²) in [6.45, 7) is 2.26. The fourth-order valence-corrected chi connectivity index (χ4v) is 1.73. The number of hydrogen-bond acceptors (Lipinski definition) is 3. The lowest BCUT2D eigenvalue weighted by molar-refractivity contribution is -0.123. The van der Waals surface area contributed by atoms with Gasteiger partial charge in [0.2, 0.25) is 5.91 Å². The number of ether oxygens (including phenoxy) is 1. The number of carbonyl (C=O) groups excluding carboxylic acids is 1. The Bertz CT molecular complexity index is 466. The molecular weight excluding hydrogens is 283 g/mol. The Morgan fingerprint density at radius 2 is 2.15 bits per heavy atom. The summed E-state index contributed by atoms with van der Waals surface area (Å²) in [5.74, 6) is -0.342. The Hall–Kier alpha value is -1.33. The minimum Gasteiger partial charge on any atom is -0.486 e. The molecule has 1 fully saturated rings. The minimum absolute atomic E-state index is 0. The lowest BCUT2D eigenvalue weighted by Crippen LogP contribution is -2.46. The highest BCUT2D eigenvalue weighted by molar-refractivity contribution is 5.88. The first-order valence-electron chi connectivity index (χ1n) is 6.53. The van der Waals surface area contributed by atoms with Crippen LogP contribution < -0.4 is 15.8 Å². The zero-order valence-electron chi connectivity index (χ0n) is 11.4. The van der Waals surface area contributed by atoms with E-state index in [1.165, 1.54) is 6.07 Å². The third-order valence-electron chi connectivity index (χ3n) is 3.32. The van der Waals surface area contributed by atoms with Crippen LogP contribution in [0, 0.1) is 5.82 Å². The molecule has 20 heavy (non-hydrogen) atoms. The van der Waals surface area contributed by atoms with Gasteiger partial charge in [0.05, 0.1) is 12.1 Å². The van der Waals surface area contributed by atoms with E-state index in [0.717, 1.165) is 12.8 Å². The van der Waals surface area contributed by atoms with Crippen LogP contribution in [-0.2, 0) is 4.79 Å². The Kier molecular flexibility index (Phi) is 5.77. The smallest absolute Gasteiger partial charge is 0.240 e. The van der Waals surface area contributed by atoms with E-state index in [1.54, 1.807) is 18.2 Å². The highest BCUT2D eigenvalue weighted by atomic mass is 35.5. The van der Waals surface area contributed by atoms with Crippen molar-refractivity contribution in [3.63, 3.8) is 0 Å². The number of nitrogens with two attached hydrogens (primary N) is 1. The summed E-state index contributed by atoms with van der Waals surface area (Å²) in [5, 5.41) is 2.76. The first-order valence-corrected chi connectivity index (χ1v) is 6.53. The van der Waals surface area contributed by atoms with Crippen LogP contribution in [0.5, 0.6) is 5.75 Å². The van der Waals surface area contributed by atoms with Crippen LogP contribution in [-0.4, -0.2) is 24.1 Å². The van der Waals surface area contributed by atoms with Gasteiger partial charge in [-0.05, 0) is 31.4 Å². The summed E-state index contributed by atoms with van der Waals surface area (Å²) in [7, 11) is 0. The predicted molar refractivity (Wildman–Crippen MR) is 77.5 cm³/mol. The Balaban J connectivity index is 0.00000200. The molecule has 1 aliphatic rings. The summed E-state index contributed by atoms with van der Waals surface area (Å²) in [6, 6.07) is 6.24. The summed E-state index contributed by atoms with van der Waals surface area (Å²) in [6.07, 6.45) is 1.86. The lowest BCUT2D eigenvalue weighted by Gasteiger charge is -2.19. The molecule has 4 nitrogen and oxygen atoms in total. The molecule has 6 heteroatoms. The normalized spacial score (nSPS) is 16.8. The fourth-order valence-electron chi connectivity index (χ4n) is 1.73. The van der Waals surface area contributed by atoms with Gasteiger partial charge in [0.1, 0.15) is 6.10 Å². The molecule has 0 bridgehead atoms. The number of para-hydroxylation sites is 1. The molecule has 2 rings (SSSR count). The average molecular weight is 303 g/mol. The molecule has 0 aliphatic heterocycles. The summed E-state index contributed by atoms with van der Waals surface area (Å²) in [5.41, 5.74) is 5.10. The molecule has 0 heterocycles. The molecule has 0 aromatic heterocycles. The van der Waals surface area contributed by atoms with Crippen molar-refractivity contribution < 1.29 is 13.9 Å². The van der Waals surface area contributed by atoms with Crippen LogP contribution in [0.1, 0.15) is 26.2 Å². The van der Waals surface area contributed by atoms with Crippen molar-refractivity contribution in [1.29, 1.82) is 0 Å². The minimum atomic E-state index is -0.684. The molecule has 1 amide bonds. The molecule has 1 atom stereocenters. The number of hydrogen-bond donors (Lipinski definition) is 2. The van der Waals surface area contributed by atoms with Gasteiger partial charge in [0.15, 0.2) is 11.6 Å². The number of carbonyl (C=O) groups is 1. The van der Waals surface area contributed by atoms with Gasteiger partial charge in [-0.1, -0.05) is 19.1 Å². The van der Waals surface area contributed by atoms with E-state index in [-0.39, 0.29) is 30.2 Å². The molecule has 3 N–H and O–H groups in total. The second kappa shape index (κ2) is 6.90. The lowest BCUT2D eigenvalue weighted by atomic mass is 10.2. The predicted octanol–water partition coefficient (Wildman–Crippen LogP) is 2.01. The van der Waals surface area contributed by atoms with Gasteiger partial charge in [-0.3, -0.25) is 4.79 Å². The van der Waals surface area contributed by atoms with Crippen LogP contribution in [0.2, 0.25) is 0 Å². The standard InChI is InChI=1S/C14H19FN2O2.ClH/c1-2-10(9-17-13(18)14(16)7-8-14)19-12-6-4-3-5-11(12)15;/h3-6,10H,2,7-9,16H2,1H3,(H,17,18);1H. The third-order valence-corrected chi connectivity index (χ3v) is 3.32. The van der Waals surface area contributed by atoms with Crippen molar-refractivity contribution in [2.75, 3.05) is 6.54 Å². The van der Waals surface area contributed by atoms with Crippen LogP contribution in [0.25, 0.3) is 0 Å². The topological polar surface area (TPSA) is 64.4 Å². The fraction of sp³-hybridized carbons (Fsp3) is 0.500. The van der Waals surface area contributed by atoms with E-state index < -0.39 is 11.4 Å². The molecule has 0 spiro atoms. The van der Waals surface area contributed by atoms with E-state index >= 15 is 0 Å². The zero-order valence-corrected chi connectivity index (χ0v) is 12.2. The molecule has 1 unspecified atom stereocenters. The van der Waals surface area contributed by atoms with Crippen LogP contribution >= 0.6 is 12.4 Å². The summed E-state index contributed by atoms with van der Waals surface area (Å²) >= 11 is 0. The van der Waals surface area contributed by atoms with E-state index in [4.69, 9.17) is 10.5 Å². The Labute approximate surface area is 124 Å². The number of benzene rings is 1. The SMILES string of the molecule is CCC(CNC(=O)C1(N)CC1)Oc1ccccc1F.Cl. The molecule has 1 saturated carbocycles. The van der Waals surface area contributed by atoms with Crippen molar-refractivity contribution in [2.45, 2.75) is 37.8 Å². The summed E-state index contributed by atoms with van der Waals surface area (Å²) in [4.78, 5) is 11.7. The number of halogens is 2. The zero-order chi connectivity index (χ0) is 13.9. The van der Waals surface area contributed by atoms with E-state index in [9.17, 15) is 9.18 Å². The monoisotopic (exact) mass is 302 g/mol. The maximum Gasteiger partial charge on any atom is 0.240 e. The van der Waals surface area contributed by atoms with Gasteiger partial charge >= 0.3 is 0 Å². The largest absolute Gasteiger partial charge is 0.486 e. The van der Waals surface area contributed by atoms with Gasteiger partial charge in [-0.25, -0.2) is 4.39 Å². The van der Waals surface area contributed by atoms with E-state index in [1.807, 2.05) is 6.92 Å². The molecule has 0 radical (unpaired) electrons. The molecule has 112 valence electrons.